The predicted molar refractivity (Wildman–Crippen MR) is 111 cm³/mol. The lowest BCUT2D eigenvalue weighted by Gasteiger charge is -2.13. The highest BCUT2D eigenvalue weighted by atomic mass is 19.1. The van der Waals surface area contributed by atoms with E-state index in [2.05, 4.69) is 10.3 Å². The van der Waals surface area contributed by atoms with Gasteiger partial charge in [0.05, 0.1) is 23.4 Å². The lowest BCUT2D eigenvalue weighted by molar-refractivity contribution is 0.0916. The molecule has 1 unspecified atom stereocenters. The number of aliphatic hydroxyl groups is 1. The van der Waals surface area contributed by atoms with E-state index in [-0.39, 0.29) is 29.3 Å². The molecule has 3 aromatic carbocycles. The van der Waals surface area contributed by atoms with Crippen LogP contribution in [0.1, 0.15) is 22.0 Å². The average molecular weight is 420 g/mol. The minimum Gasteiger partial charge on any atom is -0.436 e. The molecular formula is C24H18F2N2O3. The van der Waals surface area contributed by atoms with Gasteiger partial charge in [0.15, 0.2) is 5.76 Å². The third-order valence-corrected chi connectivity index (χ3v) is 4.74. The van der Waals surface area contributed by atoms with Gasteiger partial charge in [0.2, 0.25) is 5.89 Å². The number of amides is 1. The molecule has 0 radical (unpaired) electrons. The molecule has 0 saturated carbocycles. The molecule has 156 valence electrons. The summed E-state index contributed by atoms with van der Waals surface area (Å²) >= 11 is 0. The molecule has 1 heterocycles. The zero-order valence-electron chi connectivity index (χ0n) is 16.3. The zero-order valence-corrected chi connectivity index (χ0v) is 16.3. The second-order valence-electron chi connectivity index (χ2n) is 6.84. The Kier molecular flexibility index (Phi) is 5.86. The first kappa shape index (κ1) is 20.4. The van der Waals surface area contributed by atoms with Crippen molar-refractivity contribution >= 4 is 5.91 Å². The maximum absolute atomic E-state index is 14.0. The van der Waals surface area contributed by atoms with Crippen LogP contribution < -0.4 is 5.32 Å². The molecule has 1 atom stereocenters. The number of aromatic nitrogens is 1. The van der Waals surface area contributed by atoms with Crippen molar-refractivity contribution in [2.45, 2.75) is 6.10 Å². The SMILES string of the molecule is O=C(NCC(O)c1cccc(F)c1)c1ccccc1-c1ncc(-c2ccccc2F)o1. The summed E-state index contributed by atoms with van der Waals surface area (Å²) in [6.45, 7) is -0.108. The third kappa shape index (κ3) is 4.51. The lowest BCUT2D eigenvalue weighted by Crippen LogP contribution is -2.28. The van der Waals surface area contributed by atoms with Gasteiger partial charge in [0.1, 0.15) is 11.6 Å². The summed E-state index contributed by atoms with van der Waals surface area (Å²) in [7, 11) is 0. The Balaban J connectivity index is 1.54. The highest BCUT2D eigenvalue weighted by Crippen LogP contribution is 2.29. The van der Waals surface area contributed by atoms with Crippen molar-refractivity contribution in [1.82, 2.24) is 10.3 Å². The van der Waals surface area contributed by atoms with Gasteiger partial charge in [-0.25, -0.2) is 13.8 Å². The van der Waals surface area contributed by atoms with Crippen molar-refractivity contribution in [2.24, 2.45) is 0 Å². The van der Waals surface area contributed by atoms with Crippen molar-refractivity contribution in [3.63, 3.8) is 0 Å². The summed E-state index contributed by atoms with van der Waals surface area (Å²) < 4.78 is 33.1. The number of nitrogens with one attached hydrogen (secondary N) is 1. The van der Waals surface area contributed by atoms with E-state index >= 15 is 0 Å². The van der Waals surface area contributed by atoms with Crippen LogP contribution in [0.5, 0.6) is 0 Å². The van der Waals surface area contributed by atoms with Crippen molar-refractivity contribution in [3.05, 3.63) is 102 Å². The van der Waals surface area contributed by atoms with Gasteiger partial charge in [-0.15, -0.1) is 0 Å². The number of oxazole rings is 1. The normalized spacial score (nSPS) is 11.8. The lowest BCUT2D eigenvalue weighted by atomic mass is 10.1. The van der Waals surface area contributed by atoms with Crippen LogP contribution >= 0.6 is 0 Å². The monoisotopic (exact) mass is 420 g/mol. The van der Waals surface area contributed by atoms with Gasteiger partial charge < -0.3 is 14.8 Å². The Hall–Kier alpha value is -3.84. The van der Waals surface area contributed by atoms with Crippen LogP contribution in [0.2, 0.25) is 0 Å². The molecule has 1 amide bonds. The number of hydrogen-bond acceptors (Lipinski definition) is 4. The number of carbonyl (C=O) groups excluding carboxylic acids is 1. The minimum absolute atomic E-state index is 0.108. The number of carbonyl (C=O) groups is 1. The van der Waals surface area contributed by atoms with E-state index in [0.717, 1.165) is 0 Å². The fraction of sp³-hybridized carbons (Fsp3) is 0.0833. The van der Waals surface area contributed by atoms with E-state index in [1.165, 1.54) is 30.5 Å². The van der Waals surface area contributed by atoms with Gasteiger partial charge in [-0.05, 0) is 42.0 Å². The maximum atomic E-state index is 14.0. The molecule has 0 bridgehead atoms. The number of hydrogen-bond donors (Lipinski definition) is 2. The van der Waals surface area contributed by atoms with E-state index in [9.17, 15) is 18.7 Å². The zero-order chi connectivity index (χ0) is 21.8. The largest absolute Gasteiger partial charge is 0.436 e. The minimum atomic E-state index is -1.07. The van der Waals surface area contributed by atoms with E-state index in [4.69, 9.17) is 4.42 Å². The molecule has 4 rings (SSSR count). The molecular weight excluding hydrogens is 402 g/mol. The van der Waals surface area contributed by atoms with Crippen LogP contribution in [0, 0.1) is 11.6 Å². The van der Waals surface area contributed by atoms with Crippen LogP contribution in [0.3, 0.4) is 0 Å². The highest BCUT2D eigenvalue weighted by molar-refractivity contribution is 6.00. The Labute approximate surface area is 177 Å². The Morgan fingerprint density at radius 3 is 2.52 bits per heavy atom. The third-order valence-electron chi connectivity index (χ3n) is 4.74. The van der Waals surface area contributed by atoms with Gasteiger partial charge in [-0.3, -0.25) is 4.79 Å². The second-order valence-corrected chi connectivity index (χ2v) is 6.84. The predicted octanol–water partition coefficient (Wildman–Crippen LogP) is 4.75. The average Bonchev–Trinajstić information content (AvgIpc) is 3.27. The molecule has 0 aliphatic heterocycles. The summed E-state index contributed by atoms with van der Waals surface area (Å²) in [4.78, 5) is 16.9. The molecule has 7 heteroatoms. The van der Waals surface area contributed by atoms with Gasteiger partial charge in [0, 0.05) is 12.1 Å². The molecule has 0 aliphatic rings. The van der Waals surface area contributed by atoms with E-state index in [1.54, 1.807) is 48.5 Å². The van der Waals surface area contributed by atoms with E-state index < -0.39 is 23.6 Å². The molecule has 5 nitrogen and oxygen atoms in total. The molecule has 1 aromatic heterocycles. The second kappa shape index (κ2) is 8.89. The number of rotatable bonds is 6. The van der Waals surface area contributed by atoms with Crippen molar-refractivity contribution in [1.29, 1.82) is 0 Å². The quantitative estimate of drug-likeness (QED) is 0.472. The Morgan fingerprint density at radius 1 is 1.00 bits per heavy atom. The van der Waals surface area contributed by atoms with Crippen LogP contribution in [-0.2, 0) is 0 Å². The van der Waals surface area contributed by atoms with Gasteiger partial charge in [0.25, 0.3) is 5.91 Å². The summed E-state index contributed by atoms with van der Waals surface area (Å²) in [5.41, 5.74) is 1.32. The highest BCUT2D eigenvalue weighted by Gasteiger charge is 2.19. The number of benzene rings is 3. The topological polar surface area (TPSA) is 75.4 Å². The van der Waals surface area contributed by atoms with Crippen LogP contribution in [-0.4, -0.2) is 22.5 Å². The first-order valence-electron chi connectivity index (χ1n) is 9.55. The summed E-state index contributed by atoms with van der Waals surface area (Å²) in [5, 5.41) is 12.9. The molecule has 0 aliphatic carbocycles. The van der Waals surface area contributed by atoms with Crippen molar-refractivity contribution in [2.75, 3.05) is 6.54 Å². The first-order valence-corrected chi connectivity index (χ1v) is 9.55. The van der Waals surface area contributed by atoms with Gasteiger partial charge in [-0.1, -0.05) is 36.4 Å². The standard InChI is InChI=1S/C24H18F2N2O3/c25-16-7-5-6-15(12-16)21(29)13-27-23(30)17-8-1-2-9-18(17)24-28-14-22(31-24)19-10-3-4-11-20(19)26/h1-12,14,21,29H,13H2,(H,27,30). The molecule has 0 fully saturated rings. The van der Waals surface area contributed by atoms with Crippen molar-refractivity contribution in [3.8, 4) is 22.8 Å². The van der Waals surface area contributed by atoms with E-state index in [1.807, 2.05) is 0 Å². The summed E-state index contributed by atoms with van der Waals surface area (Å²) in [5.74, 6) is -0.971. The van der Waals surface area contributed by atoms with Crippen LogP contribution in [0.4, 0.5) is 8.78 Å². The smallest absolute Gasteiger partial charge is 0.252 e. The Bertz CT molecular complexity index is 1220. The maximum Gasteiger partial charge on any atom is 0.252 e. The molecule has 0 spiro atoms. The van der Waals surface area contributed by atoms with Gasteiger partial charge >= 0.3 is 0 Å². The summed E-state index contributed by atoms with van der Waals surface area (Å²) in [6.07, 6.45) is 0.331. The fourth-order valence-corrected chi connectivity index (χ4v) is 3.17. The molecule has 31 heavy (non-hydrogen) atoms. The van der Waals surface area contributed by atoms with Crippen LogP contribution in [0.25, 0.3) is 22.8 Å². The van der Waals surface area contributed by atoms with Crippen LogP contribution in [0.15, 0.2) is 83.4 Å². The number of halogens is 2. The molecule has 4 aromatic rings. The first-order chi connectivity index (χ1) is 15.0. The molecule has 2 N–H and O–H groups in total. The fourth-order valence-electron chi connectivity index (χ4n) is 3.17. The molecule has 0 saturated heterocycles. The number of aliphatic hydroxyl groups excluding tert-OH is 1. The summed E-state index contributed by atoms with van der Waals surface area (Å²) in [6, 6.07) is 18.4. The van der Waals surface area contributed by atoms with Crippen molar-refractivity contribution < 1.29 is 23.1 Å². The van der Waals surface area contributed by atoms with E-state index in [0.29, 0.717) is 11.1 Å². The van der Waals surface area contributed by atoms with Gasteiger partial charge in [-0.2, -0.15) is 0 Å². The Morgan fingerprint density at radius 2 is 1.74 bits per heavy atom. The number of nitrogens with zero attached hydrogens (tertiary/aromatic N) is 1.